The molecule has 106 valence electrons. The van der Waals surface area contributed by atoms with E-state index in [0.717, 1.165) is 10.9 Å². The van der Waals surface area contributed by atoms with Crippen LogP contribution in [-0.4, -0.2) is 25.7 Å². The fourth-order valence-electron chi connectivity index (χ4n) is 2.70. The van der Waals surface area contributed by atoms with E-state index in [2.05, 4.69) is 0 Å². The molecule has 0 aliphatic carbocycles. The number of aryl methyl sites for hydroxylation is 1. The van der Waals surface area contributed by atoms with Crippen molar-refractivity contribution in [2.75, 3.05) is 11.5 Å². The van der Waals surface area contributed by atoms with Gasteiger partial charge >= 0.3 is 0 Å². The monoisotopic (exact) mass is 292 g/mol. The second kappa shape index (κ2) is 4.74. The first-order valence-corrected chi connectivity index (χ1v) is 8.49. The lowest BCUT2D eigenvalue weighted by atomic mass is 10.0. The minimum absolute atomic E-state index is 0.0672. The third kappa shape index (κ3) is 2.63. The van der Waals surface area contributed by atoms with E-state index >= 15 is 0 Å². The maximum atomic E-state index is 12.2. The second-order valence-corrected chi connectivity index (χ2v) is 7.78. The minimum atomic E-state index is -2.94. The van der Waals surface area contributed by atoms with Crippen LogP contribution in [0, 0.1) is 12.8 Å². The van der Waals surface area contributed by atoms with Gasteiger partial charge in [-0.3, -0.25) is 4.79 Å². The van der Waals surface area contributed by atoms with E-state index in [4.69, 9.17) is 4.42 Å². The summed E-state index contributed by atoms with van der Waals surface area (Å²) in [7, 11) is -2.94. The molecule has 0 bridgehead atoms. The Labute approximate surface area is 117 Å². The van der Waals surface area contributed by atoms with Gasteiger partial charge in [0, 0.05) is 11.8 Å². The number of carbonyl (C=O) groups excluding carboxylic acids is 1. The Morgan fingerprint density at radius 3 is 2.85 bits per heavy atom. The zero-order valence-electron chi connectivity index (χ0n) is 11.3. The number of hydrogen-bond acceptors (Lipinski definition) is 4. The summed E-state index contributed by atoms with van der Waals surface area (Å²) < 4.78 is 28.4. The Hall–Kier alpha value is -1.62. The van der Waals surface area contributed by atoms with E-state index in [1.54, 1.807) is 6.07 Å². The first kappa shape index (κ1) is 13.4. The van der Waals surface area contributed by atoms with Crippen molar-refractivity contribution in [2.45, 2.75) is 19.8 Å². The van der Waals surface area contributed by atoms with Crippen LogP contribution >= 0.6 is 0 Å². The highest BCUT2D eigenvalue weighted by molar-refractivity contribution is 7.91. The molecule has 20 heavy (non-hydrogen) atoms. The van der Waals surface area contributed by atoms with Crippen LogP contribution in [0.1, 0.15) is 29.0 Å². The largest absolute Gasteiger partial charge is 0.453 e. The normalized spacial score (nSPS) is 21.4. The number of hydrogen-bond donors (Lipinski definition) is 0. The van der Waals surface area contributed by atoms with Gasteiger partial charge in [0.15, 0.2) is 21.4 Å². The van der Waals surface area contributed by atoms with Crippen LogP contribution in [0.3, 0.4) is 0 Å². The molecule has 2 aromatic rings. The van der Waals surface area contributed by atoms with Crippen LogP contribution in [0.5, 0.6) is 0 Å². The summed E-state index contributed by atoms with van der Waals surface area (Å²) in [6.45, 7) is 1.98. The number of furan rings is 1. The Kier molecular flexibility index (Phi) is 3.17. The Morgan fingerprint density at radius 1 is 1.35 bits per heavy atom. The van der Waals surface area contributed by atoms with Crippen molar-refractivity contribution in [1.82, 2.24) is 0 Å². The number of fused-ring (bicyclic) bond motifs is 1. The van der Waals surface area contributed by atoms with Crippen LogP contribution in [0.25, 0.3) is 11.0 Å². The number of benzene rings is 1. The standard InChI is InChI=1S/C15H16O4S/c1-10-2-3-14-12(6-10)8-15(19-14)13(16)7-11-4-5-20(17,18)9-11/h2-3,6,8,11H,4-5,7,9H2,1H3. The summed E-state index contributed by atoms with van der Waals surface area (Å²) in [6.07, 6.45) is 0.825. The fraction of sp³-hybridized carbons (Fsp3) is 0.400. The average Bonchev–Trinajstić information content (AvgIpc) is 2.92. The topological polar surface area (TPSA) is 64.3 Å². The van der Waals surface area contributed by atoms with Crippen molar-refractivity contribution < 1.29 is 17.6 Å². The molecular weight excluding hydrogens is 276 g/mol. The van der Waals surface area contributed by atoms with E-state index < -0.39 is 9.84 Å². The molecule has 1 aliphatic rings. The molecule has 1 aromatic heterocycles. The van der Waals surface area contributed by atoms with Crippen LogP contribution in [0.2, 0.25) is 0 Å². The number of sulfone groups is 1. The van der Waals surface area contributed by atoms with E-state index in [0.29, 0.717) is 17.8 Å². The van der Waals surface area contributed by atoms with Crippen LogP contribution in [0.4, 0.5) is 0 Å². The van der Waals surface area contributed by atoms with Crippen molar-refractivity contribution in [3.63, 3.8) is 0 Å². The lowest BCUT2D eigenvalue weighted by molar-refractivity contribution is 0.0940. The van der Waals surface area contributed by atoms with Crippen molar-refractivity contribution in [3.05, 3.63) is 35.6 Å². The zero-order chi connectivity index (χ0) is 14.3. The van der Waals surface area contributed by atoms with Crippen LogP contribution in [-0.2, 0) is 9.84 Å². The van der Waals surface area contributed by atoms with Gasteiger partial charge in [-0.25, -0.2) is 8.42 Å². The smallest absolute Gasteiger partial charge is 0.198 e. The van der Waals surface area contributed by atoms with Gasteiger partial charge in [-0.2, -0.15) is 0 Å². The Morgan fingerprint density at radius 2 is 2.15 bits per heavy atom. The number of Topliss-reactive ketones (excluding diaryl/α,β-unsaturated/α-hetero) is 1. The Balaban J connectivity index is 1.79. The molecule has 1 aromatic carbocycles. The average molecular weight is 292 g/mol. The Bertz CT molecular complexity index is 770. The third-order valence-electron chi connectivity index (χ3n) is 3.75. The highest BCUT2D eigenvalue weighted by Gasteiger charge is 2.30. The molecule has 0 radical (unpaired) electrons. The van der Waals surface area contributed by atoms with E-state index in [-0.39, 0.29) is 29.6 Å². The molecule has 1 aliphatic heterocycles. The van der Waals surface area contributed by atoms with Gasteiger partial charge in [0.25, 0.3) is 0 Å². The molecule has 3 rings (SSSR count). The predicted molar refractivity (Wildman–Crippen MR) is 76.7 cm³/mol. The van der Waals surface area contributed by atoms with Crippen LogP contribution < -0.4 is 0 Å². The van der Waals surface area contributed by atoms with Gasteiger partial charge in [0.05, 0.1) is 11.5 Å². The van der Waals surface area contributed by atoms with Crippen molar-refractivity contribution in [1.29, 1.82) is 0 Å². The van der Waals surface area contributed by atoms with Gasteiger partial charge in [-0.05, 0) is 37.5 Å². The molecule has 2 heterocycles. The first-order chi connectivity index (χ1) is 9.43. The van der Waals surface area contributed by atoms with Gasteiger partial charge in [0.1, 0.15) is 5.58 Å². The maximum absolute atomic E-state index is 12.2. The lowest BCUT2D eigenvalue weighted by Crippen LogP contribution is -2.10. The highest BCUT2D eigenvalue weighted by Crippen LogP contribution is 2.26. The highest BCUT2D eigenvalue weighted by atomic mass is 32.2. The summed E-state index contributed by atoms with van der Waals surface area (Å²) in [6, 6.07) is 7.49. The molecule has 5 heteroatoms. The molecule has 1 fully saturated rings. The van der Waals surface area contributed by atoms with E-state index in [1.807, 2.05) is 25.1 Å². The van der Waals surface area contributed by atoms with Gasteiger partial charge in [0.2, 0.25) is 0 Å². The minimum Gasteiger partial charge on any atom is -0.453 e. The van der Waals surface area contributed by atoms with Gasteiger partial charge in [-0.15, -0.1) is 0 Å². The second-order valence-electron chi connectivity index (χ2n) is 5.55. The summed E-state index contributed by atoms with van der Waals surface area (Å²) in [4.78, 5) is 12.2. The zero-order valence-corrected chi connectivity index (χ0v) is 12.1. The van der Waals surface area contributed by atoms with Gasteiger partial charge < -0.3 is 4.42 Å². The molecule has 4 nitrogen and oxygen atoms in total. The third-order valence-corrected chi connectivity index (χ3v) is 5.58. The van der Waals surface area contributed by atoms with Crippen LogP contribution in [0.15, 0.2) is 28.7 Å². The number of ketones is 1. The van der Waals surface area contributed by atoms with Crippen molar-refractivity contribution in [2.24, 2.45) is 5.92 Å². The molecule has 0 N–H and O–H groups in total. The maximum Gasteiger partial charge on any atom is 0.198 e. The molecule has 1 unspecified atom stereocenters. The van der Waals surface area contributed by atoms with Crippen molar-refractivity contribution >= 4 is 26.6 Å². The molecule has 1 atom stereocenters. The molecule has 0 amide bonds. The number of rotatable bonds is 3. The lowest BCUT2D eigenvalue weighted by Gasteiger charge is -2.03. The van der Waals surface area contributed by atoms with Gasteiger partial charge in [-0.1, -0.05) is 11.6 Å². The van der Waals surface area contributed by atoms with E-state index in [1.165, 1.54) is 0 Å². The SMILES string of the molecule is Cc1ccc2oc(C(=O)CC3CCS(=O)(=O)C3)cc2c1. The fourth-order valence-corrected chi connectivity index (χ4v) is 4.56. The van der Waals surface area contributed by atoms with E-state index in [9.17, 15) is 13.2 Å². The summed E-state index contributed by atoms with van der Waals surface area (Å²) in [5, 5.41) is 0.910. The molecular formula is C15H16O4S. The summed E-state index contributed by atoms with van der Waals surface area (Å²) in [5.41, 5.74) is 1.80. The molecule has 0 spiro atoms. The summed E-state index contributed by atoms with van der Waals surface area (Å²) >= 11 is 0. The summed E-state index contributed by atoms with van der Waals surface area (Å²) in [5.74, 6) is 0.473. The molecule has 1 saturated heterocycles. The molecule has 0 saturated carbocycles. The first-order valence-electron chi connectivity index (χ1n) is 6.67. The van der Waals surface area contributed by atoms with Crippen molar-refractivity contribution in [3.8, 4) is 0 Å². The number of carbonyl (C=O) groups is 1. The predicted octanol–water partition coefficient (Wildman–Crippen LogP) is 2.75. The quantitative estimate of drug-likeness (QED) is 0.816.